The molecule has 8 heteroatoms. The zero-order valence-electron chi connectivity index (χ0n) is 16.3. The van der Waals surface area contributed by atoms with E-state index in [-0.39, 0.29) is 5.91 Å². The van der Waals surface area contributed by atoms with Crippen molar-refractivity contribution in [3.8, 4) is 17.2 Å². The van der Waals surface area contributed by atoms with Crippen LogP contribution < -0.4 is 14.2 Å². The van der Waals surface area contributed by atoms with Gasteiger partial charge >= 0.3 is 0 Å². The molecule has 1 aliphatic heterocycles. The summed E-state index contributed by atoms with van der Waals surface area (Å²) in [7, 11) is 1.61. The van der Waals surface area contributed by atoms with E-state index >= 15 is 0 Å². The first-order valence-corrected chi connectivity index (χ1v) is 11.1. The van der Waals surface area contributed by atoms with E-state index in [9.17, 15) is 4.79 Å². The largest absolute Gasteiger partial charge is 0.497 e. The topological polar surface area (TPSA) is 48.0 Å². The second-order valence-electron chi connectivity index (χ2n) is 6.14. The van der Waals surface area contributed by atoms with Gasteiger partial charge in [-0.2, -0.15) is 0 Å². The Morgan fingerprint density at radius 3 is 2.70 bits per heavy atom. The molecule has 1 saturated heterocycles. The molecule has 2 aromatic rings. The molecule has 3 rings (SSSR count). The number of thiocarbonyl (C=S) groups is 1. The smallest absolute Gasteiger partial charge is 0.266 e. The van der Waals surface area contributed by atoms with Gasteiger partial charge < -0.3 is 14.2 Å². The average Bonchev–Trinajstić information content (AvgIpc) is 3.00. The maximum atomic E-state index is 12.6. The minimum atomic E-state index is -0.128. The second kappa shape index (κ2) is 10.7. The van der Waals surface area contributed by atoms with E-state index in [0.29, 0.717) is 40.5 Å². The van der Waals surface area contributed by atoms with Crippen molar-refractivity contribution in [2.45, 2.75) is 0 Å². The summed E-state index contributed by atoms with van der Waals surface area (Å²) in [6, 6.07) is 13.0. The molecular weight excluding hydrogens is 486 g/mol. The Kier molecular flexibility index (Phi) is 7.95. The Hall–Kier alpha value is -2.29. The number of hydrogen-bond acceptors (Lipinski definition) is 6. The molecule has 1 amide bonds. The summed E-state index contributed by atoms with van der Waals surface area (Å²) in [5.74, 6) is 1.97. The Labute approximate surface area is 193 Å². The van der Waals surface area contributed by atoms with Crippen LogP contribution in [-0.4, -0.2) is 42.0 Å². The van der Waals surface area contributed by atoms with Gasteiger partial charge in [-0.15, -0.1) is 6.58 Å². The van der Waals surface area contributed by atoms with Crippen molar-refractivity contribution in [3.05, 3.63) is 70.1 Å². The lowest BCUT2D eigenvalue weighted by molar-refractivity contribution is -0.121. The highest BCUT2D eigenvalue weighted by atomic mass is 79.9. The van der Waals surface area contributed by atoms with E-state index < -0.39 is 0 Å². The van der Waals surface area contributed by atoms with Crippen molar-refractivity contribution in [2.24, 2.45) is 0 Å². The first-order chi connectivity index (χ1) is 14.5. The quantitative estimate of drug-likeness (QED) is 0.199. The van der Waals surface area contributed by atoms with Gasteiger partial charge in [0.25, 0.3) is 5.91 Å². The number of ether oxygens (including phenoxy) is 3. The minimum absolute atomic E-state index is 0.128. The van der Waals surface area contributed by atoms with Crippen molar-refractivity contribution < 1.29 is 19.0 Å². The van der Waals surface area contributed by atoms with Crippen LogP contribution >= 0.6 is 39.9 Å². The SMILES string of the molecule is C=CCN1C(=O)/C(=C\c2cc(Br)ccc2OCCOc2cccc(OC)c2)SC1=S. The van der Waals surface area contributed by atoms with Crippen LogP contribution in [-0.2, 0) is 4.79 Å². The fourth-order valence-corrected chi connectivity index (χ4v) is 4.34. The highest BCUT2D eigenvalue weighted by Gasteiger charge is 2.31. The monoisotopic (exact) mass is 505 g/mol. The van der Waals surface area contributed by atoms with Crippen molar-refractivity contribution in [1.82, 2.24) is 4.90 Å². The molecule has 0 radical (unpaired) electrons. The van der Waals surface area contributed by atoms with Gasteiger partial charge in [-0.05, 0) is 36.4 Å². The fraction of sp³-hybridized carbons (Fsp3) is 0.182. The first kappa shape index (κ1) is 22.4. The van der Waals surface area contributed by atoms with Gasteiger partial charge in [-0.3, -0.25) is 9.69 Å². The maximum absolute atomic E-state index is 12.6. The molecule has 0 spiro atoms. The van der Waals surface area contributed by atoms with Crippen LogP contribution in [0.5, 0.6) is 17.2 Å². The lowest BCUT2D eigenvalue weighted by Gasteiger charge is -2.12. The Balaban J connectivity index is 1.67. The summed E-state index contributed by atoms with van der Waals surface area (Å²) in [5, 5.41) is 0. The zero-order valence-corrected chi connectivity index (χ0v) is 19.5. The van der Waals surface area contributed by atoms with Crippen LogP contribution in [0.1, 0.15) is 5.56 Å². The van der Waals surface area contributed by atoms with Crippen LogP contribution in [0.15, 0.2) is 64.5 Å². The molecule has 2 aromatic carbocycles. The molecule has 1 aliphatic rings. The first-order valence-electron chi connectivity index (χ1n) is 9.07. The van der Waals surface area contributed by atoms with E-state index in [1.807, 2.05) is 42.5 Å². The molecule has 0 N–H and O–H groups in total. The van der Waals surface area contributed by atoms with Gasteiger partial charge in [0.15, 0.2) is 0 Å². The minimum Gasteiger partial charge on any atom is -0.497 e. The van der Waals surface area contributed by atoms with Crippen molar-refractivity contribution in [1.29, 1.82) is 0 Å². The lowest BCUT2D eigenvalue weighted by Crippen LogP contribution is -2.27. The average molecular weight is 506 g/mol. The number of carbonyl (C=O) groups is 1. The summed E-state index contributed by atoms with van der Waals surface area (Å²) < 4.78 is 18.2. The van der Waals surface area contributed by atoms with Crippen molar-refractivity contribution in [3.63, 3.8) is 0 Å². The van der Waals surface area contributed by atoms with Gasteiger partial charge in [0.2, 0.25) is 0 Å². The van der Waals surface area contributed by atoms with Gasteiger partial charge in [-0.25, -0.2) is 0 Å². The molecule has 0 unspecified atom stereocenters. The number of methoxy groups -OCH3 is 1. The summed E-state index contributed by atoms with van der Waals surface area (Å²) in [5.41, 5.74) is 0.782. The van der Waals surface area contributed by atoms with Crippen LogP contribution in [0, 0.1) is 0 Å². The number of halogens is 1. The van der Waals surface area contributed by atoms with Crippen molar-refractivity contribution in [2.75, 3.05) is 26.9 Å². The predicted molar refractivity (Wildman–Crippen MR) is 128 cm³/mol. The predicted octanol–water partition coefficient (Wildman–Crippen LogP) is 5.30. The third kappa shape index (κ3) is 5.65. The normalized spacial score (nSPS) is 14.9. The number of hydrogen-bond donors (Lipinski definition) is 0. The third-order valence-electron chi connectivity index (χ3n) is 4.09. The Bertz CT molecular complexity index is 993. The molecule has 0 saturated carbocycles. The molecule has 0 atom stereocenters. The summed E-state index contributed by atoms with van der Waals surface area (Å²) in [4.78, 5) is 14.7. The molecule has 0 aromatic heterocycles. The number of benzene rings is 2. The van der Waals surface area contributed by atoms with Crippen molar-refractivity contribution >= 4 is 56.2 Å². The number of carbonyl (C=O) groups excluding carboxylic acids is 1. The van der Waals surface area contributed by atoms with Gasteiger partial charge in [-0.1, -0.05) is 52.1 Å². The Morgan fingerprint density at radius 2 is 1.93 bits per heavy atom. The van der Waals surface area contributed by atoms with E-state index in [2.05, 4.69) is 22.5 Å². The highest BCUT2D eigenvalue weighted by molar-refractivity contribution is 9.10. The lowest BCUT2D eigenvalue weighted by atomic mass is 10.2. The molecule has 1 heterocycles. The van der Waals surface area contributed by atoms with Crippen LogP contribution in [0.3, 0.4) is 0 Å². The summed E-state index contributed by atoms with van der Waals surface area (Å²) >= 11 is 10.0. The highest BCUT2D eigenvalue weighted by Crippen LogP contribution is 2.35. The van der Waals surface area contributed by atoms with E-state index in [1.165, 1.54) is 16.7 Å². The molecule has 1 fully saturated rings. The number of rotatable bonds is 9. The van der Waals surface area contributed by atoms with Crippen LogP contribution in [0.2, 0.25) is 0 Å². The molecule has 5 nitrogen and oxygen atoms in total. The second-order valence-corrected chi connectivity index (χ2v) is 8.73. The van der Waals surface area contributed by atoms with Crippen LogP contribution in [0.25, 0.3) is 6.08 Å². The van der Waals surface area contributed by atoms with E-state index in [1.54, 1.807) is 19.3 Å². The molecular formula is C22H20BrNO4S2. The van der Waals surface area contributed by atoms with Crippen LogP contribution in [0.4, 0.5) is 0 Å². The van der Waals surface area contributed by atoms with Gasteiger partial charge in [0.05, 0.1) is 12.0 Å². The summed E-state index contributed by atoms with van der Waals surface area (Å²) in [6.45, 7) is 4.78. The van der Waals surface area contributed by atoms with E-state index in [4.69, 9.17) is 26.4 Å². The zero-order chi connectivity index (χ0) is 21.5. The fourth-order valence-electron chi connectivity index (χ4n) is 2.69. The van der Waals surface area contributed by atoms with Gasteiger partial charge in [0, 0.05) is 22.6 Å². The maximum Gasteiger partial charge on any atom is 0.266 e. The Morgan fingerprint density at radius 1 is 1.17 bits per heavy atom. The molecule has 0 aliphatic carbocycles. The molecule has 156 valence electrons. The number of amides is 1. The third-order valence-corrected chi connectivity index (χ3v) is 5.97. The summed E-state index contributed by atoms with van der Waals surface area (Å²) in [6.07, 6.45) is 3.45. The number of thioether (sulfide) groups is 1. The number of nitrogens with zero attached hydrogens (tertiary/aromatic N) is 1. The standard InChI is InChI=1S/C22H20BrNO4S2/c1-3-9-24-21(25)20(30-22(24)29)13-15-12-16(23)7-8-19(15)28-11-10-27-18-6-4-5-17(14-18)26-2/h3-8,12-14H,1,9-11H2,2H3/b20-13+. The van der Waals surface area contributed by atoms with E-state index in [0.717, 1.165) is 15.8 Å². The molecule has 30 heavy (non-hydrogen) atoms. The van der Waals surface area contributed by atoms with Gasteiger partial charge in [0.1, 0.15) is 34.8 Å². The molecule has 0 bridgehead atoms.